The van der Waals surface area contributed by atoms with Crippen LogP contribution in [0.3, 0.4) is 0 Å². The molecule has 0 aromatic heterocycles. The van der Waals surface area contributed by atoms with Crippen LogP contribution in [0.15, 0.2) is 58.6 Å². The van der Waals surface area contributed by atoms with Gasteiger partial charge in [-0.15, -0.1) is 0 Å². The predicted octanol–water partition coefficient (Wildman–Crippen LogP) is 4.28. The maximum absolute atomic E-state index is 11.9. The van der Waals surface area contributed by atoms with Crippen molar-refractivity contribution >= 4 is 34.2 Å². The second kappa shape index (κ2) is 10.1. The standard InChI is InChI=1S/C22H26N4O2S/c1-15(2)12-21(27)24-18-8-6-17(7-9-18)20-14-29-22(26-25-20)23-13-16-4-10-19(28-3)11-5-16/h4-11,15H,12-14H2,1-3H3,(H,23,26)(H,24,27). The first kappa shape index (κ1) is 20.9. The van der Waals surface area contributed by atoms with E-state index in [-0.39, 0.29) is 5.91 Å². The quantitative estimate of drug-likeness (QED) is 0.715. The Hall–Kier alpha value is -2.80. The molecule has 0 saturated carbocycles. The number of nitrogens with one attached hydrogen (secondary N) is 2. The van der Waals surface area contributed by atoms with Crippen molar-refractivity contribution in [1.82, 2.24) is 5.43 Å². The summed E-state index contributed by atoms with van der Waals surface area (Å²) in [5, 5.41) is 8.19. The second-order valence-electron chi connectivity index (χ2n) is 7.15. The van der Waals surface area contributed by atoms with Gasteiger partial charge in [-0.25, -0.2) is 0 Å². The summed E-state index contributed by atoms with van der Waals surface area (Å²) in [5.74, 6) is 1.96. The number of methoxy groups -OCH3 is 1. The molecule has 2 N–H and O–H groups in total. The van der Waals surface area contributed by atoms with Crippen LogP contribution in [0.2, 0.25) is 0 Å². The van der Waals surface area contributed by atoms with Crippen LogP contribution in [-0.2, 0) is 11.3 Å². The number of ether oxygens (including phenoxy) is 1. The summed E-state index contributed by atoms with van der Waals surface area (Å²) in [6, 6.07) is 15.7. The van der Waals surface area contributed by atoms with Gasteiger partial charge < -0.3 is 10.1 Å². The Morgan fingerprint density at radius 1 is 1.21 bits per heavy atom. The van der Waals surface area contributed by atoms with Gasteiger partial charge in [0.25, 0.3) is 0 Å². The number of rotatable bonds is 7. The molecule has 3 rings (SSSR count). The molecule has 1 aliphatic rings. The number of thioether (sulfide) groups is 1. The predicted molar refractivity (Wildman–Crippen MR) is 121 cm³/mol. The van der Waals surface area contributed by atoms with Gasteiger partial charge in [0.05, 0.1) is 19.4 Å². The van der Waals surface area contributed by atoms with Gasteiger partial charge >= 0.3 is 0 Å². The number of amidine groups is 1. The van der Waals surface area contributed by atoms with E-state index < -0.39 is 0 Å². The fourth-order valence-electron chi connectivity index (χ4n) is 2.77. The first-order chi connectivity index (χ1) is 14.0. The third-order valence-electron chi connectivity index (χ3n) is 4.29. The van der Waals surface area contributed by atoms with E-state index in [0.29, 0.717) is 18.9 Å². The number of hydrazone groups is 1. The zero-order chi connectivity index (χ0) is 20.6. The SMILES string of the molecule is COc1ccc(CN=C2NN=C(c3ccc(NC(=O)CC(C)C)cc3)CS2)cc1. The van der Waals surface area contributed by atoms with Crippen molar-refractivity contribution in [2.45, 2.75) is 26.8 Å². The third kappa shape index (κ3) is 6.35. The molecule has 1 aliphatic heterocycles. The van der Waals surface area contributed by atoms with Gasteiger partial charge in [0.1, 0.15) is 5.75 Å². The molecule has 29 heavy (non-hydrogen) atoms. The summed E-state index contributed by atoms with van der Waals surface area (Å²) < 4.78 is 5.17. The molecule has 1 heterocycles. The maximum Gasteiger partial charge on any atom is 0.224 e. The minimum Gasteiger partial charge on any atom is -0.497 e. The topological polar surface area (TPSA) is 75.1 Å². The lowest BCUT2D eigenvalue weighted by atomic mass is 10.1. The summed E-state index contributed by atoms with van der Waals surface area (Å²) >= 11 is 1.63. The first-order valence-corrected chi connectivity index (χ1v) is 10.5. The van der Waals surface area contributed by atoms with Gasteiger partial charge in [-0.05, 0) is 41.3 Å². The highest BCUT2D eigenvalue weighted by Crippen LogP contribution is 2.18. The fourth-order valence-corrected chi connectivity index (χ4v) is 3.54. The summed E-state index contributed by atoms with van der Waals surface area (Å²) in [4.78, 5) is 16.5. The molecule has 0 aliphatic carbocycles. The number of carbonyl (C=O) groups is 1. The van der Waals surface area contributed by atoms with Crippen molar-refractivity contribution in [1.29, 1.82) is 0 Å². The molecule has 0 radical (unpaired) electrons. The molecular weight excluding hydrogens is 384 g/mol. The number of benzene rings is 2. The van der Waals surface area contributed by atoms with Gasteiger partial charge in [-0.2, -0.15) is 5.10 Å². The Balaban J connectivity index is 1.55. The van der Waals surface area contributed by atoms with Crippen molar-refractivity contribution in [2.75, 3.05) is 18.2 Å². The van der Waals surface area contributed by atoms with Gasteiger partial charge in [-0.1, -0.05) is 49.9 Å². The number of hydrogen-bond acceptors (Lipinski definition) is 5. The summed E-state index contributed by atoms with van der Waals surface area (Å²) in [6.45, 7) is 4.65. The van der Waals surface area contributed by atoms with Crippen LogP contribution >= 0.6 is 11.8 Å². The van der Waals surface area contributed by atoms with Crippen LogP contribution in [0, 0.1) is 5.92 Å². The molecule has 6 nitrogen and oxygen atoms in total. The van der Waals surface area contributed by atoms with Crippen molar-refractivity contribution in [2.24, 2.45) is 16.0 Å². The largest absolute Gasteiger partial charge is 0.497 e. The molecule has 0 spiro atoms. The molecule has 0 bridgehead atoms. The van der Waals surface area contributed by atoms with Gasteiger partial charge in [0.15, 0.2) is 5.17 Å². The Labute approximate surface area is 175 Å². The lowest BCUT2D eigenvalue weighted by Gasteiger charge is -2.15. The van der Waals surface area contributed by atoms with Crippen molar-refractivity contribution in [3.8, 4) is 5.75 Å². The first-order valence-electron chi connectivity index (χ1n) is 9.56. The maximum atomic E-state index is 11.9. The van der Waals surface area contributed by atoms with E-state index in [2.05, 4.69) is 20.8 Å². The highest BCUT2D eigenvalue weighted by Gasteiger charge is 2.13. The van der Waals surface area contributed by atoms with E-state index in [0.717, 1.165) is 39.2 Å². The number of anilines is 1. The molecule has 0 saturated heterocycles. The summed E-state index contributed by atoms with van der Waals surface area (Å²) in [7, 11) is 1.66. The van der Waals surface area contributed by atoms with E-state index in [1.54, 1.807) is 18.9 Å². The third-order valence-corrected chi connectivity index (χ3v) is 5.20. The van der Waals surface area contributed by atoms with Gasteiger partial charge in [0, 0.05) is 17.9 Å². The smallest absolute Gasteiger partial charge is 0.224 e. The Kier molecular flexibility index (Phi) is 7.30. The zero-order valence-corrected chi connectivity index (χ0v) is 17.8. The van der Waals surface area contributed by atoms with Crippen molar-refractivity contribution in [3.05, 3.63) is 59.7 Å². The van der Waals surface area contributed by atoms with Crippen LogP contribution in [0.5, 0.6) is 5.75 Å². The molecule has 7 heteroatoms. The van der Waals surface area contributed by atoms with Crippen LogP contribution in [0.4, 0.5) is 5.69 Å². The molecule has 0 fully saturated rings. The average molecular weight is 411 g/mol. The van der Waals surface area contributed by atoms with Crippen LogP contribution in [0.25, 0.3) is 0 Å². The molecule has 0 atom stereocenters. The molecular formula is C22H26N4O2S. The van der Waals surface area contributed by atoms with Gasteiger partial charge in [0.2, 0.25) is 5.91 Å². The molecule has 2 aromatic rings. The normalized spacial score (nSPS) is 15.0. The van der Waals surface area contributed by atoms with Crippen LogP contribution in [0.1, 0.15) is 31.4 Å². The Morgan fingerprint density at radius 3 is 2.52 bits per heavy atom. The van der Waals surface area contributed by atoms with Crippen molar-refractivity contribution < 1.29 is 9.53 Å². The van der Waals surface area contributed by atoms with Gasteiger partial charge in [-0.3, -0.25) is 15.2 Å². The minimum atomic E-state index is 0.0395. The summed E-state index contributed by atoms with van der Waals surface area (Å²) in [5.41, 5.74) is 6.94. The molecule has 152 valence electrons. The monoisotopic (exact) mass is 410 g/mol. The van der Waals surface area contributed by atoms with Crippen LogP contribution in [-0.4, -0.2) is 29.6 Å². The minimum absolute atomic E-state index is 0.0395. The zero-order valence-electron chi connectivity index (χ0n) is 16.9. The molecule has 2 aromatic carbocycles. The number of amides is 1. The van der Waals surface area contributed by atoms with E-state index >= 15 is 0 Å². The lowest BCUT2D eigenvalue weighted by molar-refractivity contribution is -0.116. The Morgan fingerprint density at radius 2 is 1.93 bits per heavy atom. The number of aliphatic imine (C=N–C) groups is 1. The molecule has 0 unspecified atom stereocenters. The summed E-state index contributed by atoms with van der Waals surface area (Å²) in [6.07, 6.45) is 0.521. The highest BCUT2D eigenvalue weighted by atomic mass is 32.2. The number of hydrogen-bond donors (Lipinski definition) is 2. The van der Waals surface area contributed by atoms with Crippen LogP contribution < -0.4 is 15.5 Å². The average Bonchev–Trinajstić information content (AvgIpc) is 2.73. The van der Waals surface area contributed by atoms with E-state index in [1.165, 1.54) is 0 Å². The molecule has 1 amide bonds. The van der Waals surface area contributed by atoms with E-state index in [1.807, 2.05) is 62.4 Å². The van der Waals surface area contributed by atoms with E-state index in [9.17, 15) is 4.79 Å². The second-order valence-corrected chi connectivity index (χ2v) is 8.12. The fraction of sp³-hybridized carbons (Fsp3) is 0.318. The van der Waals surface area contributed by atoms with E-state index in [4.69, 9.17) is 4.74 Å². The van der Waals surface area contributed by atoms with Crippen molar-refractivity contribution in [3.63, 3.8) is 0 Å². The highest BCUT2D eigenvalue weighted by molar-refractivity contribution is 8.14. The number of carbonyl (C=O) groups excluding carboxylic acids is 1. The lowest BCUT2D eigenvalue weighted by Crippen LogP contribution is -2.25. The Bertz CT molecular complexity index is 890. The number of nitrogens with zero attached hydrogens (tertiary/aromatic N) is 2.